The van der Waals surface area contributed by atoms with E-state index in [0.29, 0.717) is 38.8 Å². The number of nitrogens with one attached hydrogen (secondary N) is 1. The molecule has 0 aromatic rings. The highest BCUT2D eigenvalue weighted by Gasteiger charge is 2.36. The number of alkyl carbamates (subject to hydrolysis) is 1. The average Bonchev–Trinajstić information content (AvgIpc) is 2.70. The van der Waals surface area contributed by atoms with Crippen molar-refractivity contribution in [2.24, 2.45) is 0 Å². The van der Waals surface area contributed by atoms with Gasteiger partial charge in [0, 0.05) is 24.3 Å². The maximum absolute atomic E-state index is 11.8. The first-order valence-corrected chi connectivity index (χ1v) is 8.65. The largest absolute Gasteiger partial charge is 0.480 e. The third kappa shape index (κ3) is 7.20. The minimum Gasteiger partial charge on any atom is -0.480 e. The maximum atomic E-state index is 11.8. The Morgan fingerprint density at radius 1 is 1.43 bits per heavy atom. The number of rotatable bonds is 7. The minimum absolute atomic E-state index is 0.0192. The van der Waals surface area contributed by atoms with E-state index in [-0.39, 0.29) is 10.7 Å². The van der Waals surface area contributed by atoms with Gasteiger partial charge in [0.25, 0.3) is 0 Å². The van der Waals surface area contributed by atoms with E-state index >= 15 is 0 Å². The van der Waals surface area contributed by atoms with Crippen LogP contribution < -0.4 is 5.32 Å². The Kier molecular flexibility index (Phi) is 7.31. The monoisotopic (exact) mass is 392 g/mol. The molecule has 1 aliphatic heterocycles. The molecule has 2 amide bonds. The standard InChI is InChI=1S/C15H25BrN2O5/c1-15(2,3)23-14(22)17-7-5-4-6-11(13(20)21)18-9-10(16)8-12(18)19/h10-11H,4-9H2,1-3H3,(H,17,22)(H,20,21)/t10?,11-/m0/s1. The van der Waals surface area contributed by atoms with Crippen molar-refractivity contribution < 1.29 is 24.2 Å². The van der Waals surface area contributed by atoms with Crippen LogP contribution in [0, 0.1) is 0 Å². The quantitative estimate of drug-likeness (QED) is 0.510. The van der Waals surface area contributed by atoms with Crippen molar-refractivity contribution in [3.8, 4) is 0 Å². The van der Waals surface area contributed by atoms with Gasteiger partial charge in [0.2, 0.25) is 5.91 Å². The van der Waals surface area contributed by atoms with Gasteiger partial charge in [-0.05, 0) is 40.0 Å². The second kappa shape index (κ2) is 8.52. The number of aliphatic carboxylic acids is 1. The molecule has 1 fully saturated rings. The number of hydrogen-bond donors (Lipinski definition) is 2. The smallest absolute Gasteiger partial charge is 0.407 e. The van der Waals surface area contributed by atoms with Gasteiger partial charge in [-0.1, -0.05) is 15.9 Å². The summed E-state index contributed by atoms with van der Waals surface area (Å²) in [5.74, 6) is -1.12. The highest BCUT2D eigenvalue weighted by Crippen LogP contribution is 2.22. The van der Waals surface area contributed by atoms with E-state index in [0.717, 1.165) is 0 Å². The molecule has 0 saturated carbocycles. The van der Waals surface area contributed by atoms with Crippen molar-refractivity contribution >= 4 is 33.9 Å². The van der Waals surface area contributed by atoms with Crippen molar-refractivity contribution in [1.82, 2.24) is 10.2 Å². The number of hydrogen-bond acceptors (Lipinski definition) is 4. The lowest BCUT2D eigenvalue weighted by atomic mass is 10.1. The first-order valence-electron chi connectivity index (χ1n) is 7.73. The summed E-state index contributed by atoms with van der Waals surface area (Å²) in [6, 6.07) is -0.799. The van der Waals surface area contributed by atoms with Crippen molar-refractivity contribution in [2.75, 3.05) is 13.1 Å². The first kappa shape index (κ1) is 19.7. The molecule has 0 aliphatic carbocycles. The number of halogens is 1. The van der Waals surface area contributed by atoms with E-state index in [2.05, 4.69) is 21.2 Å². The Morgan fingerprint density at radius 3 is 2.57 bits per heavy atom. The molecule has 0 bridgehead atoms. The Morgan fingerprint density at radius 2 is 2.09 bits per heavy atom. The van der Waals surface area contributed by atoms with Crippen LogP contribution in [0.1, 0.15) is 46.5 Å². The molecule has 2 N–H and O–H groups in total. The van der Waals surface area contributed by atoms with Crippen LogP contribution in [0.25, 0.3) is 0 Å². The molecule has 1 aliphatic rings. The van der Waals surface area contributed by atoms with E-state index < -0.39 is 23.7 Å². The van der Waals surface area contributed by atoms with Crippen LogP contribution in [0.4, 0.5) is 4.79 Å². The second-order valence-electron chi connectivity index (χ2n) is 6.63. The van der Waals surface area contributed by atoms with E-state index in [9.17, 15) is 19.5 Å². The summed E-state index contributed by atoms with van der Waals surface area (Å²) < 4.78 is 5.11. The highest BCUT2D eigenvalue weighted by molar-refractivity contribution is 9.09. The Hall–Kier alpha value is -1.31. The summed E-state index contributed by atoms with van der Waals surface area (Å²) in [6.45, 7) is 6.19. The number of ether oxygens (including phenoxy) is 1. The summed E-state index contributed by atoms with van der Waals surface area (Å²) >= 11 is 3.35. The van der Waals surface area contributed by atoms with E-state index in [4.69, 9.17) is 4.74 Å². The normalized spacial score (nSPS) is 19.6. The zero-order valence-electron chi connectivity index (χ0n) is 13.8. The minimum atomic E-state index is -0.986. The van der Waals surface area contributed by atoms with E-state index in [1.165, 1.54) is 4.90 Å². The molecule has 0 aromatic heterocycles. The Balaban J connectivity index is 2.31. The van der Waals surface area contributed by atoms with Crippen LogP contribution in [0.2, 0.25) is 0 Å². The number of carbonyl (C=O) groups is 3. The number of carboxylic acid groups (broad SMARTS) is 1. The van der Waals surface area contributed by atoms with Crippen LogP contribution in [0.3, 0.4) is 0 Å². The molecule has 2 atom stereocenters. The lowest BCUT2D eigenvalue weighted by Gasteiger charge is -2.24. The fourth-order valence-electron chi connectivity index (χ4n) is 2.37. The van der Waals surface area contributed by atoms with Gasteiger partial charge in [-0.3, -0.25) is 4.79 Å². The summed E-state index contributed by atoms with van der Waals surface area (Å²) in [5.41, 5.74) is -0.541. The van der Waals surface area contributed by atoms with Gasteiger partial charge in [-0.15, -0.1) is 0 Å². The van der Waals surface area contributed by atoms with Crippen molar-refractivity contribution in [3.63, 3.8) is 0 Å². The molecular formula is C15H25BrN2O5. The van der Waals surface area contributed by atoms with Crippen molar-refractivity contribution in [1.29, 1.82) is 0 Å². The van der Waals surface area contributed by atoms with Gasteiger partial charge in [0.05, 0.1) is 0 Å². The predicted octanol–water partition coefficient (Wildman–Crippen LogP) is 2.13. The molecular weight excluding hydrogens is 368 g/mol. The topological polar surface area (TPSA) is 95.9 Å². The number of nitrogens with zero attached hydrogens (tertiary/aromatic N) is 1. The molecule has 0 aromatic carbocycles. The lowest BCUT2D eigenvalue weighted by molar-refractivity contribution is -0.148. The Bertz CT molecular complexity index is 450. The molecule has 8 heteroatoms. The fourth-order valence-corrected chi connectivity index (χ4v) is 2.96. The van der Waals surface area contributed by atoms with Gasteiger partial charge in [-0.25, -0.2) is 9.59 Å². The second-order valence-corrected chi connectivity index (χ2v) is 7.92. The van der Waals surface area contributed by atoms with Crippen LogP contribution >= 0.6 is 15.9 Å². The molecule has 1 saturated heterocycles. The average molecular weight is 393 g/mol. The zero-order valence-corrected chi connectivity index (χ0v) is 15.4. The van der Waals surface area contributed by atoms with Crippen LogP contribution in [0.15, 0.2) is 0 Å². The number of likely N-dealkylation sites (tertiary alicyclic amines) is 1. The number of carbonyl (C=O) groups excluding carboxylic acids is 2. The van der Waals surface area contributed by atoms with Gasteiger partial charge in [0.1, 0.15) is 11.6 Å². The SMILES string of the molecule is CC(C)(C)OC(=O)NCCCC[C@@H](C(=O)O)N1CC(Br)CC1=O. The van der Waals surface area contributed by atoms with Crippen molar-refractivity contribution in [2.45, 2.75) is 62.9 Å². The van der Waals surface area contributed by atoms with Gasteiger partial charge in [0.15, 0.2) is 0 Å². The number of amides is 2. The predicted molar refractivity (Wildman–Crippen MR) is 88.6 cm³/mol. The Labute approximate surface area is 144 Å². The molecule has 132 valence electrons. The molecule has 1 heterocycles. The molecule has 0 radical (unpaired) electrons. The zero-order chi connectivity index (χ0) is 17.6. The van der Waals surface area contributed by atoms with Gasteiger partial charge >= 0.3 is 12.1 Å². The number of alkyl halides is 1. The van der Waals surface area contributed by atoms with Crippen molar-refractivity contribution in [3.05, 3.63) is 0 Å². The van der Waals surface area contributed by atoms with Gasteiger partial charge in [-0.2, -0.15) is 0 Å². The number of unbranched alkanes of at least 4 members (excludes halogenated alkanes) is 1. The fraction of sp³-hybridized carbons (Fsp3) is 0.800. The van der Waals surface area contributed by atoms with Crippen LogP contribution in [-0.4, -0.2) is 57.5 Å². The highest BCUT2D eigenvalue weighted by atomic mass is 79.9. The third-order valence-corrected chi connectivity index (χ3v) is 3.96. The molecule has 7 nitrogen and oxygen atoms in total. The summed E-state index contributed by atoms with van der Waals surface area (Å²) in [5, 5.41) is 11.9. The molecule has 1 rings (SSSR count). The summed E-state index contributed by atoms with van der Waals surface area (Å²) in [6.07, 6.45) is 1.46. The van der Waals surface area contributed by atoms with E-state index in [1.807, 2.05) is 0 Å². The summed E-state index contributed by atoms with van der Waals surface area (Å²) in [7, 11) is 0. The lowest BCUT2D eigenvalue weighted by Crippen LogP contribution is -2.42. The molecule has 23 heavy (non-hydrogen) atoms. The summed E-state index contributed by atoms with van der Waals surface area (Å²) in [4.78, 5) is 36.1. The molecule has 0 spiro atoms. The first-order chi connectivity index (χ1) is 10.6. The van der Waals surface area contributed by atoms with Gasteiger partial charge < -0.3 is 20.1 Å². The van der Waals surface area contributed by atoms with Crippen LogP contribution in [-0.2, 0) is 14.3 Å². The molecule has 1 unspecified atom stereocenters. The maximum Gasteiger partial charge on any atom is 0.407 e. The van der Waals surface area contributed by atoms with Crippen LogP contribution in [0.5, 0.6) is 0 Å². The third-order valence-electron chi connectivity index (χ3n) is 3.35. The number of carboxylic acids is 1. The van der Waals surface area contributed by atoms with E-state index in [1.54, 1.807) is 20.8 Å².